The van der Waals surface area contributed by atoms with Gasteiger partial charge in [0.05, 0.1) is 32.1 Å². The van der Waals surface area contributed by atoms with Gasteiger partial charge >= 0.3 is 0 Å². The molecule has 6 nitrogen and oxygen atoms in total. The zero-order valence-electron chi connectivity index (χ0n) is 9.14. The highest BCUT2D eigenvalue weighted by molar-refractivity contribution is 5.07. The van der Waals surface area contributed by atoms with E-state index in [0.717, 1.165) is 5.69 Å². The molecule has 0 saturated heterocycles. The average molecular weight is 215 g/mol. The summed E-state index contributed by atoms with van der Waals surface area (Å²) in [5, 5.41) is 16.8. The van der Waals surface area contributed by atoms with Crippen LogP contribution in [-0.2, 0) is 29.2 Å². The van der Waals surface area contributed by atoms with E-state index in [-0.39, 0.29) is 6.61 Å². The second-order valence-corrected chi connectivity index (χ2v) is 2.99. The maximum Gasteiger partial charge on any atom is 0.114 e. The second kappa shape index (κ2) is 6.49. The third kappa shape index (κ3) is 3.26. The van der Waals surface area contributed by atoms with E-state index in [1.54, 1.807) is 11.8 Å². The first kappa shape index (κ1) is 12.1. The molecule has 0 aliphatic carbocycles. The second-order valence-electron chi connectivity index (χ2n) is 2.99. The molecule has 6 heteroatoms. The lowest BCUT2D eigenvalue weighted by Gasteiger charge is -2.06. The summed E-state index contributed by atoms with van der Waals surface area (Å²) in [6.07, 6.45) is 0. The minimum atomic E-state index is -0.118. The van der Waals surface area contributed by atoms with Gasteiger partial charge in [0.25, 0.3) is 0 Å². The van der Waals surface area contributed by atoms with Crippen LogP contribution >= 0.6 is 0 Å². The third-order valence-electron chi connectivity index (χ3n) is 2.00. The van der Waals surface area contributed by atoms with Crippen molar-refractivity contribution in [2.24, 2.45) is 0 Å². The molecule has 0 amide bonds. The number of ether oxygens (including phenoxy) is 2. The van der Waals surface area contributed by atoms with E-state index in [4.69, 9.17) is 14.6 Å². The molecule has 86 valence electrons. The van der Waals surface area contributed by atoms with Crippen molar-refractivity contribution in [3.8, 4) is 0 Å². The maximum absolute atomic E-state index is 9.03. The first-order chi connectivity index (χ1) is 7.33. The summed E-state index contributed by atoms with van der Waals surface area (Å²) < 4.78 is 11.9. The van der Waals surface area contributed by atoms with Crippen LogP contribution in [0.4, 0.5) is 0 Å². The summed E-state index contributed by atoms with van der Waals surface area (Å²) in [6.45, 7) is 4.11. The molecule has 0 saturated carbocycles. The zero-order valence-corrected chi connectivity index (χ0v) is 9.14. The van der Waals surface area contributed by atoms with Crippen molar-refractivity contribution >= 4 is 0 Å². The van der Waals surface area contributed by atoms with Crippen LogP contribution in [0.2, 0.25) is 0 Å². The molecule has 0 fully saturated rings. The number of aliphatic hydroxyl groups excluding tert-OH is 1. The monoisotopic (exact) mass is 215 g/mol. The molecule has 1 aromatic heterocycles. The Morgan fingerprint density at radius 2 is 2.27 bits per heavy atom. The fraction of sp³-hybridized carbons (Fsp3) is 0.778. The van der Waals surface area contributed by atoms with Gasteiger partial charge in [-0.05, 0) is 6.92 Å². The Morgan fingerprint density at radius 1 is 1.47 bits per heavy atom. The highest BCUT2D eigenvalue weighted by Crippen LogP contribution is 2.06. The Hall–Kier alpha value is -0.980. The van der Waals surface area contributed by atoms with Gasteiger partial charge in [0.2, 0.25) is 0 Å². The Bertz CT molecular complexity index is 288. The summed E-state index contributed by atoms with van der Waals surface area (Å²) in [6, 6.07) is 0. The van der Waals surface area contributed by atoms with Crippen LogP contribution in [0.25, 0.3) is 0 Å². The van der Waals surface area contributed by atoms with Crippen LogP contribution in [0.3, 0.4) is 0 Å². The summed E-state index contributed by atoms with van der Waals surface area (Å²) in [5.74, 6) is 0. The van der Waals surface area contributed by atoms with Gasteiger partial charge < -0.3 is 14.6 Å². The lowest BCUT2D eigenvalue weighted by Crippen LogP contribution is -2.11. The predicted octanol–water partition coefficient (Wildman–Crippen LogP) is -0.0467. The summed E-state index contributed by atoms with van der Waals surface area (Å²) in [7, 11) is 1.60. The Kier molecular flexibility index (Phi) is 5.23. The van der Waals surface area contributed by atoms with Gasteiger partial charge in [-0.15, -0.1) is 5.10 Å². The van der Waals surface area contributed by atoms with Crippen LogP contribution in [0, 0.1) is 0 Å². The Morgan fingerprint density at radius 3 is 2.87 bits per heavy atom. The van der Waals surface area contributed by atoms with Gasteiger partial charge in [0, 0.05) is 13.7 Å². The van der Waals surface area contributed by atoms with E-state index < -0.39 is 0 Å². The van der Waals surface area contributed by atoms with Crippen molar-refractivity contribution in [1.82, 2.24) is 15.0 Å². The van der Waals surface area contributed by atoms with Gasteiger partial charge in [-0.3, -0.25) is 0 Å². The Labute approximate surface area is 88.8 Å². The van der Waals surface area contributed by atoms with Crippen molar-refractivity contribution in [2.75, 3.05) is 20.3 Å². The van der Waals surface area contributed by atoms with E-state index in [9.17, 15) is 0 Å². The molecule has 1 N–H and O–H groups in total. The van der Waals surface area contributed by atoms with Gasteiger partial charge in [0.1, 0.15) is 5.69 Å². The SMILES string of the molecule is CCOCCn1nnc(CO)c1COC. The van der Waals surface area contributed by atoms with E-state index >= 15 is 0 Å². The van der Waals surface area contributed by atoms with Gasteiger partial charge in [-0.25, -0.2) is 4.68 Å². The van der Waals surface area contributed by atoms with E-state index in [2.05, 4.69) is 10.3 Å². The lowest BCUT2D eigenvalue weighted by atomic mass is 10.3. The standard InChI is InChI=1S/C9H17N3O3/c1-3-15-5-4-12-9(7-14-2)8(6-13)10-11-12/h13H,3-7H2,1-2H3. The summed E-state index contributed by atoms with van der Waals surface area (Å²) in [5.41, 5.74) is 1.37. The van der Waals surface area contributed by atoms with Crippen molar-refractivity contribution in [2.45, 2.75) is 26.7 Å². The topological polar surface area (TPSA) is 69.4 Å². The van der Waals surface area contributed by atoms with Crippen LogP contribution in [0.5, 0.6) is 0 Å². The van der Waals surface area contributed by atoms with Crippen LogP contribution in [-0.4, -0.2) is 40.4 Å². The van der Waals surface area contributed by atoms with Crippen molar-refractivity contribution in [3.63, 3.8) is 0 Å². The number of nitrogens with zero attached hydrogens (tertiary/aromatic N) is 3. The third-order valence-corrected chi connectivity index (χ3v) is 2.00. The fourth-order valence-corrected chi connectivity index (χ4v) is 1.26. The molecule has 0 atom stereocenters. The Balaban J connectivity index is 2.64. The molecular formula is C9H17N3O3. The highest BCUT2D eigenvalue weighted by atomic mass is 16.5. The zero-order chi connectivity index (χ0) is 11.1. The van der Waals surface area contributed by atoms with Gasteiger partial charge in [0.15, 0.2) is 0 Å². The molecule has 1 rings (SSSR count). The lowest BCUT2D eigenvalue weighted by molar-refractivity contribution is 0.130. The summed E-state index contributed by atoms with van der Waals surface area (Å²) in [4.78, 5) is 0. The largest absolute Gasteiger partial charge is 0.390 e. The van der Waals surface area contributed by atoms with Crippen molar-refractivity contribution in [1.29, 1.82) is 0 Å². The molecule has 1 heterocycles. The average Bonchev–Trinajstić information content (AvgIpc) is 2.62. The number of methoxy groups -OCH3 is 1. The van der Waals surface area contributed by atoms with Crippen LogP contribution in [0.1, 0.15) is 18.3 Å². The quantitative estimate of drug-likeness (QED) is 0.646. The molecule has 0 aliphatic rings. The molecule has 0 unspecified atom stereocenters. The molecular weight excluding hydrogens is 198 g/mol. The van der Waals surface area contributed by atoms with E-state index in [1.807, 2.05) is 6.92 Å². The predicted molar refractivity (Wildman–Crippen MR) is 53.2 cm³/mol. The molecule has 0 spiro atoms. The smallest absolute Gasteiger partial charge is 0.114 e. The van der Waals surface area contributed by atoms with Crippen LogP contribution in [0.15, 0.2) is 0 Å². The normalized spacial score (nSPS) is 10.9. The summed E-state index contributed by atoms with van der Waals surface area (Å²) >= 11 is 0. The number of hydrogen-bond acceptors (Lipinski definition) is 5. The van der Waals surface area contributed by atoms with Gasteiger partial charge in [-0.1, -0.05) is 5.21 Å². The van der Waals surface area contributed by atoms with E-state index in [1.165, 1.54) is 0 Å². The number of hydrogen-bond donors (Lipinski definition) is 1. The molecule has 0 aliphatic heterocycles. The van der Waals surface area contributed by atoms with Crippen molar-refractivity contribution < 1.29 is 14.6 Å². The number of aliphatic hydroxyl groups is 1. The van der Waals surface area contributed by atoms with Crippen molar-refractivity contribution in [3.05, 3.63) is 11.4 Å². The number of rotatable bonds is 7. The molecule has 0 radical (unpaired) electrons. The molecule has 0 aromatic carbocycles. The minimum Gasteiger partial charge on any atom is -0.390 e. The maximum atomic E-state index is 9.03. The minimum absolute atomic E-state index is 0.118. The fourth-order valence-electron chi connectivity index (χ4n) is 1.26. The highest BCUT2D eigenvalue weighted by Gasteiger charge is 2.11. The first-order valence-corrected chi connectivity index (χ1v) is 4.92. The molecule has 1 aromatic rings. The first-order valence-electron chi connectivity index (χ1n) is 4.92. The number of aromatic nitrogens is 3. The van der Waals surface area contributed by atoms with Crippen LogP contribution < -0.4 is 0 Å². The molecule has 0 bridgehead atoms. The van der Waals surface area contributed by atoms with E-state index in [0.29, 0.717) is 32.1 Å². The van der Waals surface area contributed by atoms with Gasteiger partial charge in [-0.2, -0.15) is 0 Å². The molecule has 15 heavy (non-hydrogen) atoms.